The molecule has 2 rings (SSSR count). The highest BCUT2D eigenvalue weighted by molar-refractivity contribution is 6.35. The molecule has 2 amide bonds. The number of aromatic nitrogens is 1. The van der Waals surface area contributed by atoms with E-state index in [1.165, 1.54) is 6.21 Å². The zero-order chi connectivity index (χ0) is 20.1. The Kier molecular flexibility index (Phi) is 6.63. The summed E-state index contributed by atoms with van der Waals surface area (Å²) in [4.78, 5) is 23.2. The first-order valence-electron chi connectivity index (χ1n) is 8.41. The number of nitrogens with one attached hydrogen (secondary N) is 2. The Balaban J connectivity index is 2.19. The number of rotatable bonds is 5. The molecule has 0 atom stereocenters. The molecule has 7 nitrogen and oxygen atoms in total. The molecule has 0 radical (unpaired) electrons. The summed E-state index contributed by atoms with van der Waals surface area (Å²) in [7, 11) is 1.57. The van der Waals surface area contributed by atoms with Crippen molar-refractivity contribution in [3.05, 3.63) is 46.2 Å². The first kappa shape index (κ1) is 20.5. The second kappa shape index (κ2) is 8.73. The van der Waals surface area contributed by atoms with E-state index in [9.17, 15) is 9.59 Å². The maximum atomic E-state index is 11.7. The predicted molar refractivity (Wildman–Crippen MR) is 106 cm³/mol. The maximum Gasteiger partial charge on any atom is 0.329 e. The monoisotopic (exact) mass is 390 g/mol. The van der Waals surface area contributed by atoms with E-state index in [4.69, 9.17) is 16.3 Å². The fourth-order valence-corrected chi connectivity index (χ4v) is 2.90. The molecule has 2 N–H and O–H groups in total. The fourth-order valence-electron chi connectivity index (χ4n) is 2.65. The first-order valence-corrected chi connectivity index (χ1v) is 8.79. The second-order valence-corrected chi connectivity index (χ2v) is 6.72. The van der Waals surface area contributed by atoms with E-state index >= 15 is 0 Å². The van der Waals surface area contributed by atoms with Gasteiger partial charge in [-0.05, 0) is 52.0 Å². The first-order chi connectivity index (χ1) is 12.7. The minimum absolute atomic E-state index is 0.123. The van der Waals surface area contributed by atoms with Gasteiger partial charge in [0.05, 0.1) is 18.3 Å². The second-order valence-electron chi connectivity index (χ2n) is 6.31. The van der Waals surface area contributed by atoms with Gasteiger partial charge in [-0.2, -0.15) is 5.10 Å². The summed E-state index contributed by atoms with van der Waals surface area (Å²) in [6.07, 6.45) is 1.50. The van der Waals surface area contributed by atoms with E-state index < -0.39 is 11.8 Å². The van der Waals surface area contributed by atoms with Crippen LogP contribution >= 0.6 is 11.6 Å². The fraction of sp³-hybridized carbons (Fsp3) is 0.316. The Labute approximate surface area is 163 Å². The quantitative estimate of drug-likeness (QED) is 0.467. The number of hydrazone groups is 1. The van der Waals surface area contributed by atoms with Crippen molar-refractivity contribution in [3.8, 4) is 11.4 Å². The van der Waals surface area contributed by atoms with Gasteiger partial charge in [0.15, 0.2) is 0 Å². The number of hydrogen-bond donors (Lipinski definition) is 2. The standard InChI is InChI=1S/C19H23ClN4O3/c1-11(2)22-18(25)19(26)23-21-10-14-8-12(3)24(13(14)4)15-6-7-17(27-5)16(20)9-15/h6-11H,1-5H3,(H,22,25)(H,23,26)/b21-10-. The summed E-state index contributed by atoms with van der Waals surface area (Å²) in [5, 5.41) is 6.89. The molecule has 0 aliphatic heterocycles. The van der Waals surface area contributed by atoms with Crippen molar-refractivity contribution < 1.29 is 14.3 Å². The van der Waals surface area contributed by atoms with Crippen molar-refractivity contribution in [2.24, 2.45) is 5.10 Å². The number of methoxy groups -OCH3 is 1. The molecule has 0 bridgehead atoms. The Morgan fingerprint density at radius 3 is 2.52 bits per heavy atom. The SMILES string of the molecule is COc1ccc(-n2c(C)cc(/C=N\NC(=O)C(=O)NC(C)C)c2C)cc1Cl. The van der Waals surface area contributed by atoms with Crippen LogP contribution in [0, 0.1) is 13.8 Å². The van der Waals surface area contributed by atoms with Crippen LogP contribution in [-0.2, 0) is 9.59 Å². The summed E-state index contributed by atoms with van der Waals surface area (Å²) < 4.78 is 7.20. The summed E-state index contributed by atoms with van der Waals surface area (Å²) in [5.74, 6) is -0.928. The molecular formula is C19H23ClN4O3. The number of aryl methyl sites for hydroxylation is 1. The lowest BCUT2D eigenvalue weighted by molar-refractivity contribution is -0.139. The molecule has 0 spiro atoms. The van der Waals surface area contributed by atoms with E-state index in [0.717, 1.165) is 22.6 Å². The lowest BCUT2D eigenvalue weighted by Crippen LogP contribution is -2.41. The zero-order valence-electron chi connectivity index (χ0n) is 16.0. The van der Waals surface area contributed by atoms with E-state index in [-0.39, 0.29) is 6.04 Å². The minimum atomic E-state index is -0.810. The van der Waals surface area contributed by atoms with Gasteiger partial charge in [-0.3, -0.25) is 9.59 Å². The number of hydrogen-bond acceptors (Lipinski definition) is 4. The summed E-state index contributed by atoms with van der Waals surface area (Å²) >= 11 is 6.22. The lowest BCUT2D eigenvalue weighted by Gasteiger charge is -2.11. The van der Waals surface area contributed by atoms with Gasteiger partial charge in [0.1, 0.15) is 5.75 Å². The van der Waals surface area contributed by atoms with Gasteiger partial charge < -0.3 is 14.6 Å². The Hall–Kier alpha value is -2.80. The normalized spacial score (nSPS) is 11.1. The Bertz CT molecular complexity index is 887. The van der Waals surface area contributed by atoms with Gasteiger partial charge in [0.25, 0.3) is 0 Å². The van der Waals surface area contributed by atoms with Crippen molar-refractivity contribution in [1.29, 1.82) is 0 Å². The summed E-state index contributed by atoms with van der Waals surface area (Å²) in [5.41, 5.74) is 5.81. The third-order valence-corrected chi connectivity index (χ3v) is 4.15. The van der Waals surface area contributed by atoms with Crippen molar-refractivity contribution in [2.45, 2.75) is 33.7 Å². The number of halogens is 1. The molecule has 0 saturated carbocycles. The topological polar surface area (TPSA) is 84.7 Å². The van der Waals surface area contributed by atoms with Gasteiger partial charge in [-0.25, -0.2) is 5.43 Å². The number of benzene rings is 1. The van der Waals surface area contributed by atoms with Gasteiger partial charge in [0, 0.05) is 28.7 Å². The molecule has 0 saturated heterocycles. The molecule has 0 aliphatic rings. The highest BCUT2D eigenvalue weighted by Gasteiger charge is 2.14. The number of ether oxygens (including phenoxy) is 1. The molecule has 144 valence electrons. The van der Waals surface area contributed by atoms with Gasteiger partial charge in [-0.1, -0.05) is 11.6 Å². The average Bonchev–Trinajstić information content (AvgIpc) is 2.88. The Morgan fingerprint density at radius 2 is 1.93 bits per heavy atom. The van der Waals surface area contributed by atoms with Crippen molar-refractivity contribution >= 4 is 29.6 Å². The molecule has 2 aromatic rings. The largest absolute Gasteiger partial charge is 0.495 e. The van der Waals surface area contributed by atoms with Crippen molar-refractivity contribution in [2.75, 3.05) is 7.11 Å². The molecule has 27 heavy (non-hydrogen) atoms. The van der Waals surface area contributed by atoms with E-state index in [2.05, 4.69) is 15.8 Å². The third-order valence-electron chi connectivity index (χ3n) is 3.86. The number of carbonyl (C=O) groups is 2. The predicted octanol–water partition coefficient (Wildman–Crippen LogP) is 2.73. The zero-order valence-corrected chi connectivity index (χ0v) is 16.7. The molecule has 0 aliphatic carbocycles. The van der Waals surface area contributed by atoms with E-state index in [1.54, 1.807) is 27.0 Å². The summed E-state index contributed by atoms with van der Waals surface area (Å²) in [6.45, 7) is 7.43. The van der Waals surface area contributed by atoms with Crippen LogP contribution in [0.3, 0.4) is 0 Å². The van der Waals surface area contributed by atoms with Gasteiger partial charge in [-0.15, -0.1) is 0 Å². The summed E-state index contributed by atoms with van der Waals surface area (Å²) in [6, 6.07) is 7.33. The van der Waals surface area contributed by atoms with E-state index in [1.807, 2.05) is 36.6 Å². The maximum absolute atomic E-state index is 11.7. The minimum Gasteiger partial charge on any atom is -0.495 e. The lowest BCUT2D eigenvalue weighted by atomic mass is 10.2. The molecular weight excluding hydrogens is 368 g/mol. The number of amides is 2. The van der Waals surface area contributed by atoms with Crippen LogP contribution in [0.15, 0.2) is 29.4 Å². The van der Waals surface area contributed by atoms with Crippen LogP contribution in [0.5, 0.6) is 5.75 Å². The highest BCUT2D eigenvalue weighted by atomic mass is 35.5. The average molecular weight is 391 g/mol. The van der Waals surface area contributed by atoms with Crippen LogP contribution in [0.4, 0.5) is 0 Å². The smallest absolute Gasteiger partial charge is 0.329 e. The molecule has 0 fully saturated rings. The Morgan fingerprint density at radius 1 is 1.22 bits per heavy atom. The van der Waals surface area contributed by atoms with Crippen molar-refractivity contribution in [1.82, 2.24) is 15.3 Å². The van der Waals surface area contributed by atoms with Crippen LogP contribution in [0.1, 0.15) is 30.8 Å². The van der Waals surface area contributed by atoms with Crippen LogP contribution in [0.2, 0.25) is 5.02 Å². The molecule has 0 unspecified atom stereocenters. The van der Waals surface area contributed by atoms with Crippen LogP contribution < -0.4 is 15.5 Å². The van der Waals surface area contributed by atoms with Gasteiger partial charge in [0.2, 0.25) is 0 Å². The van der Waals surface area contributed by atoms with E-state index in [0.29, 0.717) is 10.8 Å². The number of carbonyl (C=O) groups excluding carboxylic acids is 2. The molecule has 1 aromatic carbocycles. The molecule has 8 heteroatoms. The highest BCUT2D eigenvalue weighted by Crippen LogP contribution is 2.28. The molecule has 1 heterocycles. The number of nitrogens with zero attached hydrogens (tertiary/aromatic N) is 2. The van der Waals surface area contributed by atoms with Gasteiger partial charge >= 0.3 is 11.8 Å². The van der Waals surface area contributed by atoms with Crippen molar-refractivity contribution in [3.63, 3.8) is 0 Å². The van der Waals surface area contributed by atoms with Crippen LogP contribution in [-0.4, -0.2) is 35.7 Å². The molecule has 1 aromatic heterocycles. The van der Waals surface area contributed by atoms with Crippen LogP contribution in [0.25, 0.3) is 5.69 Å². The third kappa shape index (κ3) is 4.89.